The van der Waals surface area contributed by atoms with Gasteiger partial charge < -0.3 is 14.8 Å². The number of methoxy groups -OCH3 is 1. The van der Waals surface area contributed by atoms with Gasteiger partial charge in [-0.2, -0.15) is 0 Å². The molecule has 0 aliphatic carbocycles. The van der Waals surface area contributed by atoms with Gasteiger partial charge in [-0.15, -0.1) is 0 Å². The minimum Gasteiger partial charge on any atom is -0.465 e. The number of hydrogen-bond donors (Lipinski definition) is 1. The van der Waals surface area contributed by atoms with Crippen LogP contribution < -0.4 is 5.32 Å². The van der Waals surface area contributed by atoms with Crippen LogP contribution in [-0.4, -0.2) is 25.1 Å². The molecule has 0 unspecified atom stereocenters. The van der Waals surface area contributed by atoms with Crippen LogP contribution >= 0.6 is 0 Å². The molecule has 6 heteroatoms. The summed E-state index contributed by atoms with van der Waals surface area (Å²) in [6.45, 7) is 5.90. The largest absolute Gasteiger partial charge is 0.465 e. The number of amides is 1. The van der Waals surface area contributed by atoms with Crippen molar-refractivity contribution in [2.75, 3.05) is 7.11 Å². The molecule has 0 radical (unpaired) electrons. The SMILES string of the molecule is COC(=O)c1ccc([C@H](C)NC(=O)[C@H](OCc2ccc(F)cc2)C(C)C)cc1. The molecule has 0 aromatic heterocycles. The van der Waals surface area contributed by atoms with Crippen LogP contribution in [0.15, 0.2) is 48.5 Å². The lowest BCUT2D eigenvalue weighted by Crippen LogP contribution is -2.40. The summed E-state index contributed by atoms with van der Waals surface area (Å²) in [6.07, 6.45) is -0.637. The van der Waals surface area contributed by atoms with Crippen molar-refractivity contribution in [3.05, 3.63) is 71.0 Å². The lowest BCUT2D eigenvalue weighted by Gasteiger charge is -2.23. The molecule has 0 heterocycles. The number of ether oxygens (including phenoxy) is 2. The van der Waals surface area contributed by atoms with Gasteiger partial charge in [0.05, 0.1) is 25.3 Å². The molecule has 0 aliphatic heterocycles. The fourth-order valence-electron chi connectivity index (χ4n) is 2.74. The summed E-state index contributed by atoms with van der Waals surface area (Å²) < 4.78 is 23.5. The Morgan fingerprint density at radius 2 is 1.61 bits per heavy atom. The van der Waals surface area contributed by atoms with Gasteiger partial charge in [0.25, 0.3) is 0 Å². The topological polar surface area (TPSA) is 64.6 Å². The monoisotopic (exact) mass is 387 g/mol. The molecule has 2 aromatic rings. The first-order valence-corrected chi connectivity index (χ1v) is 9.16. The van der Waals surface area contributed by atoms with E-state index < -0.39 is 12.1 Å². The van der Waals surface area contributed by atoms with Crippen LogP contribution in [0.3, 0.4) is 0 Å². The second kappa shape index (κ2) is 9.99. The molecule has 1 N–H and O–H groups in total. The maximum Gasteiger partial charge on any atom is 0.337 e. The normalized spacial score (nSPS) is 13.1. The van der Waals surface area contributed by atoms with Crippen molar-refractivity contribution in [1.29, 1.82) is 0 Å². The summed E-state index contributed by atoms with van der Waals surface area (Å²) in [6, 6.07) is 12.6. The zero-order chi connectivity index (χ0) is 20.7. The number of carbonyl (C=O) groups is 2. The van der Waals surface area contributed by atoms with Crippen LogP contribution in [0, 0.1) is 11.7 Å². The van der Waals surface area contributed by atoms with E-state index in [1.807, 2.05) is 20.8 Å². The van der Waals surface area contributed by atoms with Crippen molar-refractivity contribution in [3.63, 3.8) is 0 Å². The molecule has 2 aromatic carbocycles. The predicted octanol–water partition coefficient (Wildman–Crippen LogP) is 4.03. The first-order valence-electron chi connectivity index (χ1n) is 9.16. The van der Waals surface area contributed by atoms with Gasteiger partial charge in [-0.25, -0.2) is 9.18 Å². The number of rotatable bonds is 8. The Balaban J connectivity index is 1.98. The Morgan fingerprint density at radius 3 is 2.14 bits per heavy atom. The molecule has 150 valence electrons. The van der Waals surface area contributed by atoms with Crippen molar-refractivity contribution >= 4 is 11.9 Å². The zero-order valence-corrected chi connectivity index (χ0v) is 16.6. The molecule has 0 saturated carbocycles. The summed E-state index contributed by atoms with van der Waals surface area (Å²) in [5.41, 5.74) is 2.11. The zero-order valence-electron chi connectivity index (χ0n) is 16.6. The van der Waals surface area contributed by atoms with Gasteiger partial charge in [0.1, 0.15) is 11.9 Å². The molecule has 0 fully saturated rings. The van der Waals surface area contributed by atoms with Gasteiger partial charge >= 0.3 is 5.97 Å². The van der Waals surface area contributed by atoms with E-state index in [-0.39, 0.29) is 30.3 Å². The van der Waals surface area contributed by atoms with Crippen LogP contribution in [-0.2, 0) is 20.9 Å². The smallest absolute Gasteiger partial charge is 0.337 e. The molecule has 0 aliphatic rings. The van der Waals surface area contributed by atoms with Gasteiger partial charge in [0, 0.05) is 0 Å². The third-order valence-corrected chi connectivity index (χ3v) is 4.40. The van der Waals surface area contributed by atoms with E-state index in [1.165, 1.54) is 19.2 Å². The van der Waals surface area contributed by atoms with Crippen LogP contribution in [0.1, 0.15) is 48.3 Å². The number of esters is 1. The Kier molecular flexibility index (Phi) is 7.70. The van der Waals surface area contributed by atoms with E-state index in [2.05, 4.69) is 10.1 Å². The summed E-state index contributed by atoms with van der Waals surface area (Å²) in [5.74, 6) is -0.970. The van der Waals surface area contributed by atoms with Crippen molar-refractivity contribution in [1.82, 2.24) is 5.32 Å². The number of nitrogens with one attached hydrogen (secondary N) is 1. The van der Waals surface area contributed by atoms with E-state index >= 15 is 0 Å². The van der Waals surface area contributed by atoms with Gasteiger partial charge in [0.15, 0.2) is 0 Å². The minimum atomic E-state index is -0.637. The Bertz CT molecular complexity index is 787. The van der Waals surface area contributed by atoms with E-state index in [4.69, 9.17) is 4.74 Å². The van der Waals surface area contributed by atoms with Crippen LogP contribution in [0.25, 0.3) is 0 Å². The second-order valence-electron chi connectivity index (χ2n) is 6.95. The van der Waals surface area contributed by atoms with Gasteiger partial charge in [-0.1, -0.05) is 38.1 Å². The van der Waals surface area contributed by atoms with Gasteiger partial charge in [-0.05, 0) is 48.2 Å². The summed E-state index contributed by atoms with van der Waals surface area (Å²) in [7, 11) is 1.33. The van der Waals surface area contributed by atoms with Crippen molar-refractivity contribution in [2.45, 2.75) is 39.5 Å². The number of carbonyl (C=O) groups excluding carboxylic acids is 2. The lowest BCUT2D eigenvalue weighted by atomic mass is 10.0. The molecular weight excluding hydrogens is 361 g/mol. The van der Waals surface area contributed by atoms with Crippen LogP contribution in [0.5, 0.6) is 0 Å². The predicted molar refractivity (Wildman–Crippen MR) is 104 cm³/mol. The number of hydrogen-bond acceptors (Lipinski definition) is 4. The highest BCUT2D eigenvalue weighted by atomic mass is 19.1. The highest BCUT2D eigenvalue weighted by molar-refractivity contribution is 5.89. The highest BCUT2D eigenvalue weighted by Gasteiger charge is 2.24. The average molecular weight is 387 g/mol. The standard InChI is InChI=1S/C22H26FNO4/c1-14(2)20(28-13-16-5-11-19(23)12-6-16)21(25)24-15(3)17-7-9-18(10-8-17)22(26)27-4/h5-12,14-15,20H,13H2,1-4H3,(H,24,25)/t15-,20+/m0/s1. The summed E-state index contributed by atoms with van der Waals surface area (Å²) >= 11 is 0. The molecule has 0 spiro atoms. The molecular formula is C22H26FNO4. The Morgan fingerprint density at radius 1 is 1.00 bits per heavy atom. The number of benzene rings is 2. The van der Waals surface area contributed by atoms with Gasteiger partial charge in [0.2, 0.25) is 5.91 Å². The number of halogens is 1. The fourth-order valence-corrected chi connectivity index (χ4v) is 2.74. The van der Waals surface area contributed by atoms with E-state index in [0.29, 0.717) is 5.56 Å². The molecule has 0 saturated heterocycles. The molecule has 2 rings (SSSR count). The minimum absolute atomic E-state index is 0.0330. The summed E-state index contributed by atoms with van der Waals surface area (Å²) in [5, 5.41) is 2.95. The maximum absolute atomic E-state index is 13.0. The van der Waals surface area contributed by atoms with E-state index in [0.717, 1.165) is 11.1 Å². The third-order valence-electron chi connectivity index (χ3n) is 4.40. The van der Waals surface area contributed by atoms with Crippen molar-refractivity contribution in [2.24, 2.45) is 5.92 Å². The first kappa shape index (κ1) is 21.6. The second-order valence-corrected chi connectivity index (χ2v) is 6.95. The average Bonchev–Trinajstić information content (AvgIpc) is 2.68. The third kappa shape index (κ3) is 5.89. The van der Waals surface area contributed by atoms with Crippen molar-refractivity contribution in [3.8, 4) is 0 Å². The highest BCUT2D eigenvalue weighted by Crippen LogP contribution is 2.17. The lowest BCUT2D eigenvalue weighted by molar-refractivity contribution is -0.137. The summed E-state index contributed by atoms with van der Waals surface area (Å²) in [4.78, 5) is 24.2. The Hall–Kier alpha value is -2.73. The fraction of sp³-hybridized carbons (Fsp3) is 0.364. The van der Waals surface area contributed by atoms with Crippen molar-refractivity contribution < 1.29 is 23.5 Å². The molecule has 2 atom stereocenters. The maximum atomic E-state index is 13.0. The quantitative estimate of drug-likeness (QED) is 0.695. The Labute approximate surface area is 164 Å². The van der Waals surface area contributed by atoms with E-state index in [1.54, 1.807) is 36.4 Å². The molecule has 28 heavy (non-hydrogen) atoms. The molecule has 5 nitrogen and oxygen atoms in total. The molecule has 1 amide bonds. The van der Waals surface area contributed by atoms with Crippen LogP contribution in [0.2, 0.25) is 0 Å². The molecule has 0 bridgehead atoms. The van der Waals surface area contributed by atoms with Gasteiger partial charge in [-0.3, -0.25) is 4.79 Å². The van der Waals surface area contributed by atoms with Crippen LogP contribution in [0.4, 0.5) is 4.39 Å². The van der Waals surface area contributed by atoms with E-state index in [9.17, 15) is 14.0 Å². The first-order chi connectivity index (χ1) is 13.3.